The van der Waals surface area contributed by atoms with Gasteiger partial charge in [0.25, 0.3) is 0 Å². The number of aryl methyl sites for hydroxylation is 3. The lowest BCUT2D eigenvalue weighted by Crippen LogP contribution is -2.29. The van der Waals surface area contributed by atoms with E-state index in [2.05, 4.69) is 42.3 Å². The number of rotatable bonds is 3. The molecule has 1 fully saturated rings. The highest BCUT2D eigenvalue weighted by Crippen LogP contribution is 2.29. The molecule has 0 bridgehead atoms. The number of anilines is 2. The minimum absolute atomic E-state index is 0.770. The molecule has 2 heterocycles. The second-order valence-corrected chi connectivity index (χ2v) is 7.60. The lowest BCUT2D eigenvalue weighted by atomic mass is 10.1. The van der Waals surface area contributed by atoms with Crippen molar-refractivity contribution in [3.8, 4) is 0 Å². The Labute approximate surface area is 147 Å². The topological polar surface area (TPSA) is 28.2 Å². The fourth-order valence-corrected chi connectivity index (χ4v) is 4.22. The fourth-order valence-electron chi connectivity index (χ4n) is 2.82. The minimum Gasteiger partial charge on any atom is -0.348 e. The van der Waals surface area contributed by atoms with Gasteiger partial charge in [-0.1, -0.05) is 29.6 Å². The average molecular weight is 346 g/mol. The van der Waals surface area contributed by atoms with Gasteiger partial charge in [0.05, 0.1) is 10.6 Å². The number of piperidine rings is 1. The molecular weight excluding hydrogens is 322 g/mol. The Bertz CT molecular complexity index is 715. The molecule has 0 atom stereocenters. The number of aromatic nitrogens is 1. The molecule has 1 aromatic heterocycles. The molecular formula is C18H23N3S2. The summed E-state index contributed by atoms with van der Waals surface area (Å²) in [6.07, 6.45) is 3.86. The summed E-state index contributed by atoms with van der Waals surface area (Å²) >= 11 is 7.33. The van der Waals surface area contributed by atoms with Crippen LogP contribution in [0.2, 0.25) is 0 Å². The molecule has 5 heteroatoms. The quantitative estimate of drug-likeness (QED) is 0.805. The van der Waals surface area contributed by atoms with Crippen molar-refractivity contribution >= 4 is 39.4 Å². The van der Waals surface area contributed by atoms with Crippen LogP contribution in [-0.2, 0) is 0 Å². The molecule has 3 rings (SSSR count). The predicted molar refractivity (Wildman–Crippen MR) is 104 cm³/mol. The van der Waals surface area contributed by atoms with Gasteiger partial charge in [-0.25, -0.2) is 4.98 Å². The molecule has 1 saturated heterocycles. The van der Waals surface area contributed by atoms with Gasteiger partial charge >= 0.3 is 0 Å². The van der Waals surface area contributed by atoms with E-state index in [0.717, 1.165) is 39.5 Å². The summed E-state index contributed by atoms with van der Waals surface area (Å²) in [5, 5.41) is 4.48. The number of nitrogens with zero attached hydrogens (tertiary/aromatic N) is 2. The molecule has 23 heavy (non-hydrogen) atoms. The average Bonchev–Trinajstić information content (AvgIpc) is 2.94. The van der Waals surface area contributed by atoms with Crippen LogP contribution in [-0.4, -0.2) is 23.1 Å². The summed E-state index contributed by atoms with van der Waals surface area (Å²) in [4.78, 5) is 8.99. The van der Waals surface area contributed by atoms with E-state index >= 15 is 0 Å². The monoisotopic (exact) mass is 345 g/mol. The van der Waals surface area contributed by atoms with Crippen molar-refractivity contribution in [1.82, 2.24) is 4.98 Å². The Kier molecular flexibility index (Phi) is 4.97. The van der Waals surface area contributed by atoms with Crippen LogP contribution in [0.4, 0.5) is 10.8 Å². The van der Waals surface area contributed by atoms with Gasteiger partial charge in [-0.2, -0.15) is 0 Å². The third-order valence-electron chi connectivity index (χ3n) is 4.38. The highest BCUT2D eigenvalue weighted by atomic mass is 32.1. The molecule has 0 spiro atoms. The number of thiazole rings is 1. The molecule has 122 valence electrons. The maximum absolute atomic E-state index is 5.62. The van der Waals surface area contributed by atoms with Crippen molar-refractivity contribution in [2.75, 3.05) is 23.3 Å². The summed E-state index contributed by atoms with van der Waals surface area (Å²) in [6.45, 7) is 8.52. The predicted octanol–water partition coefficient (Wildman–Crippen LogP) is 4.85. The summed E-state index contributed by atoms with van der Waals surface area (Å²) in [5.74, 6) is 0. The zero-order chi connectivity index (χ0) is 16.4. The largest absolute Gasteiger partial charge is 0.348 e. The summed E-state index contributed by atoms with van der Waals surface area (Å²) in [6, 6.07) is 6.35. The molecule has 1 aliphatic rings. The Hall–Kier alpha value is -1.46. The Balaban J connectivity index is 1.76. The van der Waals surface area contributed by atoms with Crippen LogP contribution in [0, 0.1) is 20.8 Å². The fraction of sp³-hybridized carbons (Fsp3) is 0.444. The van der Waals surface area contributed by atoms with Gasteiger partial charge in [-0.15, -0.1) is 0 Å². The first-order valence-electron chi connectivity index (χ1n) is 8.15. The van der Waals surface area contributed by atoms with Gasteiger partial charge < -0.3 is 10.2 Å². The van der Waals surface area contributed by atoms with E-state index in [1.165, 1.54) is 30.4 Å². The summed E-state index contributed by atoms with van der Waals surface area (Å²) < 4.78 is 0. The smallest absolute Gasteiger partial charge is 0.186 e. The first-order chi connectivity index (χ1) is 11.0. The molecule has 0 aliphatic carbocycles. The van der Waals surface area contributed by atoms with E-state index in [9.17, 15) is 0 Å². The highest BCUT2D eigenvalue weighted by Gasteiger charge is 2.18. The number of nitrogens with one attached hydrogen (secondary N) is 1. The number of hydrogen-bond acceptors (Lipinski definition) is 4. The van der Waals surface area contributed by atoms with Crippen LogP contribution >= 0.6 is 23.6 Å². The SMILES string of the molecule is Cc1ccc(NC(=S)c2sc(N3CCCCC3)nc2C)cc1C. The van der Waals surface area contributed by atoms with E-state index in [0.29, 0.717) is 0 Å². The van der Waals surface area contributed by atoms with E-state index in [-0.39, 0.29) is 0 Å². The molecule has 3 nitrogen and oxygen atoms in total. The van der Waals surface area contributed by atoms with E-state index < -0.39 is 0 Å². The normalized spacial score (nSPS) is 14.8. The van der Waals surface area contributed by atoms with Gasteiger partial charge in [-0.05, 0) is 63.3 Å². The van der Waals surface area contributed by atoms with Crippen LogP contribution in [0.15, 0.2) is 18.2 Å². The molecule has 1 aliphatic heterocycles. The third kappa shape index (κ3) is 3.72. The molecule has 1 aromatic carbocycles. The van der Waals surface area contributed by atoms with Gasteiger partial charge in [0, 0.05) is 18.8 Å². The van der Waals surface area contributed by atoms with Crippen molar-refractivity contribution in [3.63, 3.8) is 0 Å². The Morgan fingerprint density at radius 3 is 2.57 bits per heavy atom. The van der Waals surface area contributed by atoms with Gasteiger partial charge in [0.2, 0.25) is 0 Å². The second kappa shape index (κ2) is 6.97. The number of benzene rings is 1. The molecule has 0 amide bonds. The molecule has 1 N–H and O–H groups in total. The van der Waals surface area contributed by atoms with Gasteiger partial charge in [0.15, 0.2) is 5.13 Å². The van der Waals surface area contributed by atoms with Crippen LogP contribution in [0.5, 0.6) is 0 Å². The van der Waals surface area contributed by atoms with Crippen LogP contribution < -0.4 is 10.2 Å². The highest BCUT2D eigenvalue weighted by molar-refractivity contribution is 7.81. The Morgan fingerprint density at radius 1 is 1.13 bits per heavy atom. The molecule has 0 unspecified atom stereocenters. The number of thiocarbonyl (C=S) groups is 1. The van der Waals surface area contributed by atoms with Crippen molar-refractivity contribution < 1.29 is 0 Å². The van der Waals surface area contributed by atoms with Crippen molar-refractivity contribution in [3.05, 3.63) is 39.9 Å². The zero-order valence-electron chi connectivity index (χ0n) is 14.0. The molecule has 0 saturated carbocycles. The van der Waals surface area contributed by atoms with E-state index in [1.54, 1.807) is 11.3 Å². The zero-order valence-corrected chi connectivity index (χ0v) is 15.6. The standard InChI is InChI=1S/C18H23N3S2/c1-12-7-8-15(11-13(12)2)20-17(22)16-14(3)19-18(23-16)21-9-5-4-6-10-21/h7-8,11H,4-6,9-10H2,1-3H3,(H,20,22). The minimum atomic E-state index is 0.770. The molecule has 2 aromatic rings. The Morgan fingerprint density at radius 2 is 1.87 bits per heavy atom. The maximum Gasteiger partial charge on any atom is 0.186 e. The van der Waals surface area contributed by atoms with Crippen LogP contribution in [0.1, 0.15) is 41.0 Å². The molecule has 0 radical (unpaired) electrons. The van der Waals surface area contributed by atoms with Crippen molar-refractivity contribution in [2.45, 2.75) is 40.0 Å². The van der Waals surface area contributed by atoms with E-state index in [1.807, 2.05) is 6.92 Å². The lowest BCUT2D eigenvalue weighted by Gasteiger charge is -2.25. The number of hydrogen-bond donors (Lipinski definition) is 1. The van der Waals surface area contributed by atoms with Gasteiger partial charge in [0.1, 0.15) is 4.99 Å². The first-order valence-corrected chi connectivity index (χ1v) is 9.38. The second-order valence-electron chi connectivity index (χ2n) is 6.21. The van der Waals surface area contributed by atoms with Crippen molar-refractivity contribution in [1.29, 1.82) is 0 Å². The van der Waals surface area contributed by atoms with E-state index in [4.69, 9.17) is 17.2 Å². The third-order valence-corrected chi connectivity index (χ3v) is 6.05. The first kappa shape index (κ1) is 16.4. The van der Waals surface area contributed by atoms with Crippen LogP contribution in [0.25, 0.3) is 0 Å². The van der Waals surface area contributed by atoms with Crippen LogP contribution in [0.3, 0.4) is 0 Å². The summed E-state index contributed by atoms with van der Waals surface area (Å²) in [7, 11) is 0. The lowest BCUT2D eigenvalue weighted by molar-refractivity contribution is 0.576. The summed E-state index contributed by atoms with van der Waals surface area (Å²) in [5.41, 5.74) is 4.64. The maximum atomic E-state index is 5.62. The van der Waals surface area contributed by atoms with Crippen molar-refractivity contribution in [2.24, 2.45) is 0 Å². The van der Waals surface area contributed by atoms with Gasteiger partial charge in [-0.3, -0.25) is 0 Å².